The molecular formula is C25H24N6O3. The van der Waals surface area contributed by atoms with Gasteiger partial charge in [0.1, 0.15) is 11.5 Å². The number of hydrogen-bond donors (Lipinski definition) is 3. The fourth-order valence-corrected chi connectivity index (χ4v) is 3.24. The lowest BCUT2D eigenvalue weighted by Gasteiger charge is -2.12. The lowest BCUT2D eigenvalue weighted by atomic mass is 9.93. The molecule has 0 aliphatic carbocycles. The maximum Gasteiger partial charge on any atom is 0.316 e. The summed E-state index contributed by atoms with van der Waals surface area (Å²) in [6.07, 6.45) is 3.40. The predicted octanol–water partition coefficient (Wildman–Crippen LogP) is 4.07. The average molecular weight is 457 g/mol. The van der Waals surface area contributed by atoms with Crippen LogP contribution in [0.15, 0.2) is 53.3 Å². The Morgan fingerprint density at radius 1 is 1.12 bits per heavy atom. The fourth-order valence-electron chi connectivity index (χ4n) is 3.24. The van der Waals surface area contributed by atoms with E-state index in [-0.39, 0.29) is 11.3 Å². The number of nitrogens with zero attached hydrogens (tertiary/aromatic N) is 3. The summed E-state index contributed by atoms with van der Waals surface area (Å²) in [6.45, 7) is 7.93. The molecule has 0 saturated carbocycles. The zero-order chi connectivity index (χ0) is 24.5. The van der Waals surface area contributed by atoms with Crippen LogP contribution in [-0.4, -0.2) is 26.5 Å². The molecule has 34 heavy (non-hydrogen) atoms. The lowest BCUT2D eigenvalue weighted by molar-refractivity contribution is 0.102. The van der Waals surface area contributed by atoms with E-state index >= 15 is 0 Å². The first kappa shape index (κ1) is 22.6. The number of imidazole rings is 1. The van der Waals surface area contributed by atoms with Gasteiger partial charge in [-0.1, -0.05) is 37.9 Å². The molecule has 9 heteroatoms. The lowest BCUT2D eigenvalue weighted by Crippen LogP contribution is -2.19. The summed E-state index contributed by atoms with van der Waals surface area (Å²) < 4.78 is 7.08. The number of pyridine rings is 1. The summed E-state index contributed by atoms with van der Waals surface area (Å²) in [5, 5.41) is 9.24. The van der Waals surface area contributed by atoms with E-state index in [1.54, 1.807) is 47.1 Å². The van der Waals surface area contributed by atoms with Gasteiger partial charge in [-0.3, -0.25) is 9.20 Å². The van der Waals surface area contributed by atoms with Gasteiger partial charge in [0, 0.05) is 28.8 Å². The zero-order valence-electron chi connectivity index (χ0n) is 19.3. The van der Waals surface area contributed by atoms with Crippen LogP contribution in [-0.2, 0) is 5.41 Å². The number of nitrogens with one attached hydrogen (secondary N) is 2. The Morgan fingerprint density at radius 3 is 2.62 bits per heavy atom. The Bertz CT molecular complexity index is 1460. The van der Waals surface area contributed by atoms with Gasteiger partial charge in [-0.2, -0.15) is 0 Å². The Kier molecular flexibility index (Phi) is 5.82. The number of carbonyl (C=O) groups excluding carboxylic acids is 2. The highest BCUT2D eigenvalue weighted by Gasteiger charge is 2.20. The summed E-state index contributed by atoms with van der Waals surface area (Å²) in [5.74, 6) is 6.93. The quantitative estimate of drug-likeness (QED) is 0.401. The van der Waals surface area contributed by atoms with Crippen molar-refractivity contribution in [1.29, 1.82) is 0 Å². The first-order chi connectivity index (χ1) is 16.1. The third kappa shape index (κ3) is 4.76. The maximum atomic E-state index is 12.8. The molecule has 3 amide bonds. The summed E-state index contributed by atoms with van der Waals surface area (Å²) in [4.78, 5) is 28.3. The maximum absolute atomic E-state index is 12.8. The molecule has 9 nitrogen and oxygen atoms in total. The number of aryl methyl sites for hydroxylation is 1. The highest BCUT2D eigenvalue weighted by atomic mass is 16.5. The standard InChI is InChI=1S/C25H24N6O3/c1-15-7-8-17(23(32)29-21-13-20(34-30-21)25(2,3)4)12-16(15)9-10-18-14-27-22-19(28-24(26)33)6-5-11-31(18)22/h5-8,11-14H,1-4H3,(H3,26,28,33)(H,29,30,32). The number of carbonyl (C=O) groups is 2. The normalized spacial score (nSPS) is 11.1. The zero-order valence-corrected chi connectivity index (χ0v) is 19.3. The van der Waals surface area contributed by atoms with Gasteiger partial charge in [0.25, 0.3) is 5.91 Å². The van der Waals surface area contributed by atoms with Gasteiger partial charge in [-0.05, 0) is 42.7 Å². The molecule has 1 aromatic carbocycles. The molecule has 172 valence electrons. The second-order valence-electron chi connectivity index (χ2n) is 8.81. The molecule has 3 heterocycles. The first-order valence-corrected chi connectivity index (χ1v) is 10.6. The van der Waals surface area contributed by atoms with Crippen LogP contribution in [0.2, 0.25) is 0 Å². The van der Waals surface area contributed by atoms with Crippen molar-refractivity contribution in [3.63, 3.8) is 0 Å². The van der Waals surface area contributed by atoms with Gasteiger partial charge in [0.15, 0.2) is 11.5 Å². The Labute approximate surface area is 196 Å². The van der Waals surface area contributed by atoms with Crippen molar-refractivity contribution in [1.82, 2.24) is 14.5 Å². The summed E-state index contributed by atoms with van der Waals surface area (Å²) >= 11 is 0. The smallest absolute Gasteiger partial charge is 0.316 e. The van der Waals surface area contributed by atoms with E-state index in [0.717, 1.165) is 5.56 Å². The summed E-state index contributed by atoms with van der Waals surface area (Å²) in [6, 6.07) is 9.81. The summed E-state index contributed by atoms with van der Waals surface area (Å²) in [7, 11) is 0. The van der Waals surface area contributed by atoms with E-state index < -0.39 is 6.03 Å². The van der Waals surface area contributed by atoms with Gasteiger partial charge in [0.2, 0.25) is 0 Å². The van der Waals surface area contributed by atoms with Crippen LogP contribution in [0.3, 0.4) is 0 Å². The highest BCUT2D eigenvalue weighted by molar-refractivity contribution is 6.04. The van der Waals surface area contributed by atoms with E-state index in [0.29, 0.717) is 39.7 Å². The minimum Gasteiger partial charge on any atom is -0.359 e. The molecule has 0 atom stereocenters. The molecule has 0 aliphatic heterocycles. The van der Waals surface area contributed by atoms with Crippen molar-refractivity contribution >= 4 is 29.1 Å². The van der Waals surface area contributed by atoms with Gasteiger partial charge < -0.3 is 20.9 Å². The number of aromatic nitrogens is 3. The second-order valence-corrected chi connectivity index (χ2v) is 8.81. The predicted molar refractivity (Wildman–Crippen MR) is 129 cm³/mol. The van der Waals surface area contributed by atoms with Crippen LogP contribution in [0.4, 0.5) is 16.3 Å². The minimum atomic E-state index is -0.672. The van der Waals surface area contributed by atoms with Crippen molar-refractivity contribution < 1.29 is 14.1 Å². The largest absolute Gasteiger partial charge is 0.359 e. The molecule has 0 radical (unpaired) electrons. The Balaban J connectivity index is 1.59. The van der Waals surface area contributed by atoms with Gasteiger partial charge in [-0.25, -0.2) is 9.78 Å². The molecule has 0 unspecified atom stereocenters. The molecule has 3 aromatic heterocycles. The number of fused-ring (bicyclic) bond motifs is 1. The monoisotopic (exact) mass is 456 g/mol. The van der Waals surface area contributed by atoms with E-state index in [9.17, 15) is 9.59 Å². The average Bonchev–Trinajstić information content (AvgIpc) is 3.40. The molecule has 4 rings (SSSR count). The van der Waals surface area contributed by atoms with Crippen LogP contribution in [0.25, 0.3) is 5.65 Å². The molecule has 4 aromatic rings. The fraction of sp³-hybridized carbons (Fsp3) is 0.200. The van der Waals surface area contributed by atoms with E-state index in [4.69, 9.17) is 10.3 Å². The van der Waals surface area contributed by atoms with Crippen molar-refractivity contribution in [3.8, 4) is 11.8 Å². The third-order valence-corrected chi connectivity index (χ3v) is 5.11. The number of nitrogens with two attached hydrogens (primary N) is 1. The number of urea groups is 1. The van der Waals surface area contributed by atoms with Crippen LogP contribution < -0.4 is 16.4 Å². The van der Waals surface area contributed by atoms with Gasteiger partial charge >= 0.3 is 6.03 Å². The van der Waals surface area contributed by atoms with Crippen LogP contribution in [0.1, 0.15) is 53.7 Å². The minimum absolute atomic E-state index is 0.211. The van der Waals surface area contributed by atoms with Gasteiger partial charge in [0.05, 0.1) is 11.9 Å². The molecule has 0 spiro atoms. The van der Waals surface area contributed by atoms with Crippen molar-refractivity contribution in [3.05, 3.63) is 76.9 Å². The number of anilines is 2. The van der Waals surface area contributed by atoms with Gasteiger partial charge in [-0.15, -0.1) is 0 Å². The highest BCUT2D eigenvalue weighted by Crippen LogP contribution is 2.24. The summed E-state index contributed by atoms with van der Waals surface area (Å²) in [5.41, 5.74) is 8.71. The molecule has 0 aliphatic rings. The van der Waals surface area contributed by atoms with Crippen molar-refractivity contribution in [2.75, 3.05) is 10.6 Å². The number of benzene rings is 1. The van der Waals surface area contributed by atoms with Crippen LogP contribution in [0, 0.1) is 18.8 Å². The molecule has 0 saturated heterocycles. The third-order valence-electron chi connectivity index (χ3n) is 5.11. The molecular weight excluding hydrogens is 432 g/mol. The molecule has 0 bridgehead atoms. The Morgan fingerprint density at radius 2 is 1.91 bits per heavy atom. The SMILES string of the molecule is Cc1ccc(C(=O)Nc2cc(C(C)(C)C)on2)cc1C#Cc1cnc2c(NC(N)=O)cccn12. The van der Waals surface area contributed by atoms with Crippen molar-refractivity contribution in [2.24, 2.45) is 5.73 Å². The van der Waals surface area contributed by atoms with Crippen LogP contribution >= 0.6 is 0 Å². The number of primary amides is 1. The first-order valence-electron chi connectivity index (χ1n) is 10.6. The topological polar surface area (TPSA) is 128 Å². The van der Waals surface area contributed by atoms with Crippen LogP contribution in [0.5, 0.6) is 0 Å². The van der Waals surface area contributed by atoms with E-state index in [1.807, 2.05) is 33.8 Å². The Hall–Kier alpha value is -4.58. The second kappa shape index (κ2) is 8.75. The van der Waals surface area contributed by atoms with E-state index in [2.05, 4.69) is 32.6 Å². The molecule has 0 fully saturated rings. The number of hydrogen-bond acceptors (Lipinski definition) is 5. The molecule has 4 N–H and O–H groups in total. The van der Waals surface area contributed by atoms with Crippen molar-refractivity contribution in [2.45, 2.75) is 33.1 Å². The van der Waals surface area contributed by atoms with E-state index in [1.165, 1.54) is 0 Å². The number of rotatable bonds is 3. The number of amides is 3.